The molecule has 1 fully saturated rings. The van der Waals surface area contributed by atoms with Crippen molar-refractivity contribution >= 4 is 17.7 Å². The highest BCUT2D eigenvalue weighted by molar-refractivity contribution is 6.08. The molecule has 7 heteroatoms. The number of nitrogens with zero attached hydrogens (tertiary/aromatic N) is 3. The third kappa shape index (κ3) is 3.97. The van der Waals surface area contributed by atoms with E-state index in [-0.39, 0.29) is 23.1 Å². The lowest BCUT2D eigenvalue weighted by Gasteiger charge is -2.27. The van der Waals surface area contributed by atoms with Crippen LogP contribution in [-0.4, -0.2) is 54.6 Å². The van der Waals surface area contributed by atoms with Gasteiger partial charge in [-0.15, -0.1) is 0 Å². The van der Waals surface area contributed by atoms with E-state index in [0.717, 1.165) is 12.6 Å². The Bertz CT molecular complexity index is 725. The summed E-state index contributed by atoms with van der Waals surface area (Å²) in [5.41, 5.74) is 0.930. The highest BCUT2D eigenvalue weighted by Gasteiger charge is 2.30. The maximum Gasteiger partial charge on any atom is 0.254 e. The summed E-state index contributed by atoms with van der Waals surface area (Å²) in [6.07, 6.45) is 5.42. The fourth-order valence-corrected chi connectivity index (χ4v) is 3.06. The summed E-state index contributed by atoms with van der Waals surface area (Å²) in [6.45, 7) is 3.52. The normalized spacial score (nSPS) is 17.1. The second-order valence-electron chi connectivity index (χ2n) is 5.81. The average Bonchev–Trinajstić information content (AvgIpc) is 3.09. The molecule has 1 saturated heterocycles. The van der Waals surface area contributed by atoms with Gasteiger partial charge in [0.2, 0.25) is 0 Å². The zero-order valence-electron chi connectivity index (χ0n) is 14.4. The van der Waals surface area contributed by atoms with Crippen molar-refractivity contribution in [3.63, 3.8) is 0 Å². The summed E-state index contributed by atoms with van der Waals surface area (Å²) in [7, 11) is 1.67. The van der Waals surface area contributed by atoms with Crippen LogP contribution in [0.5, 0.6) is 0 Å². The van der Waals surface area contributed by atoms with Gasteiger partial charge in [-0.05, 0) is 25.5 Å². The molecule has 0 unspecified atom stereocenters. The third-order valence-electron chi connectivity index (χ3n) is 4.33. The monoisotopic (exact) mass is 343 g/mol. The van der Waals surface area contributed by atoms with Gasteiger partial charge < -0.3 is 20.5 Å². The van der Waals surface area contributed by atoms with E-state index in [0.29, 0.717) is 25.2 Å². The molecule has 1 aromatic carbocycles. The Morgan fingerprint density at radius 1 is 1.60 bits per heavy atom. The average molecular weight is 343 g/mol. The van der Waals surface area contributed by atoms with Crippen LogP contribution in [0.4, 0.5) is 4.39 Å². The van der Waals surface area contributed by atoms with E-state index < -0.39 is 5.82 Å². The van der Waals surface area contributed by atoms with E-state index in [1.54, 1.807) is 22.9 Å². The molecule has 0 saturated carbocycles. The molecule has 0 aromatic heterocycles. The summed E-state index contributed by atoms with van der Waals surface area (Å²) in [6, 6.07) is 4.26. The Morgan fingerprint density at radius 2 is 2.36 bits per heavy atom. The van der Waals surface area contributed by atoms with Crippen molar-refractivity contribution in [1.82, 2.24) is 15.1 Å². The number of likely N-dealkylation sites (N-methyl/N-ethyl adjacent to an activating group) is 1. The standard InChI is InChI=1S/C18H22FN5O/c1-3-24(15-6-7-23(11-15)12-21)18(25)13-4-5-16(17(19)8-13)14(9-20)10-22-2/h4-5,8-10,15,20,22H,3,6-7,11H2,1-2H3/b14-10+,20-9?/t15-/m1/s1. The number of benzene rings is 1. The van der Waals surface area contributed by atoms with Gasteiger partial charge in [-0.1, -0.05) is 6.07 Å². The molecule has 2 rings (SSSR count). The molecule has 1 aliphatic heterocycles. The minimum absolute atomic E-state index is 0.0405. The fraction of sp³-hybridized carbons (Fsp3) is 0.389. The first-order valence-corrected chi connectivity index (χ1v) is 8.19. The van der Waals surface area contributed by atoms with Gasteiger partial charge in [0.05, 0.1) is 6.04 Å². The van der Waals surface area contributed by atoms with Crippen molar-refractivity contribution in [2.24, 2.45) is 0 Å². The summed E-state index contributed by atoms with van der Waals surface area (Å²) in [5, 5.41) is 19.1. The summed E-state index contributed by atoms with van der Waals surface area (Å²) >= 11 is 0. The van der Waals surface area contributed by atoms with E-state index in [4.69, 9.17) is 10.7 Å². The molecule has 25 heavy (non-hydrogen) atoms. The smallest absolute Gasteiger partial charge is 0.254 e. The molecule has 1 atom stereocenters. The lowest BCUT2D eigenvalue weighted by molar-refractivity contribution is 0.0698. The molecule has 6 nitrogen and oxygen atoms in total. The maximum absolute atomic E-state index is 14.4. The first-order valence-electron chi connectivity index (χ1n) is 8.19. The Morgan fingerprint density at radius 3 is 2.88 bits per heavy atom. The number of carbonyl (C=O) groups excluding carboxylic acids is 1. The van der Waals surface area contributed by atoms with Crippen LogP contribution < -0.4 is 5.32 Å². The Labute approximate surface area is 147 Å². The Balaban J connectivity index is 2.24. The summed E-state index contributed by atoms with van der Waals surface area (Å²) < 4.78 is 14.4. The lowest BCUT2D eigenvalue weighted by Crippen LogP contribution is -2.41. The van der Waals surface area contributed by atoms with Crippen molar-refractivity contribution in [1.29, 1.82) is 10.7 Å². The number of likely N-dealkylation sites (tertiary alicyclic amines) is 1. The van der Waals surface area contributed by atoms with Crippen LogP contribution in [0.3, 0.4) is 0 Å². The van der Waals surface area contributed by atoms with Crippen molar-refractivity contribution < 1.29 is 9.18 Å². The minimum Gasteiger partial charge on any atom is -0.393 e. The number of nitrogens with one attached hydrogen (secondary N) is 2. The molecule has 1 aliphatic rings. The van der Waals surface area contributed by atoms with Gasteiger partial charge in [-0.3, -0.25) is 4.79 Å². The highest BCUT2D eigenvalue weighted by Crippen LogP contribution is 2.21. The quantitative estimate of drug-likeness (QED) is 0.612. The van der Waals surface area contributed by atoms with E-state index >= 15 is 0 Å². The van der Waals surface area contributed by atoms with Crippen LogP contribution in [0.15, 0.2) is 24.4 Å². The van der Waals surface area contributed by atoms with Crippen LogP contribution in [0.1, 0.15) is 29.3 Å². The van der Waals surface area contributed by atoms with E-state index in [1.807, 2.05) is 6.92 Å². The number of amides is 1. The Hall–Kier alpha value is -2.88. The highest BCUT2D eigenvalue weighted by atomic mass is 19.1. The van der Waals surface area contributed by atoms with Gasteiger partial charge in [0.1, 0.15) is 5.82 Å². The predicted molar refractivity (Wildman–Crippen MR) is 94.5 cm³/mol. The Kier molecular flexibility index (Phi) is 6.12. The molecule has 0 aliphatic carbocycles. The van der Waals surface area contributed by atoms with E-state index in [1.165, 1.54) is 18.3 Å². The zero-order chi connectivity index (χ0) is 18.4. The molecule has 0 bridgehead atoms. The van der Waals surface area contributed by atoms with Gasteiger partial charge in [0, 0.05) is 55.8 Å². The lowest BCUT2D eigenvalue weighted by atomic mass is 10.0. The second-order valence-corrected chi connectivity index (χ2v) is 5.81. The van der Waals surface area contributed by atoms with Crippen molar-refractivity contribution in [2.75, 3.05) is 26.7 Å². The molecule has 0 spiro atoms. The number of hydrogen-bond acceptors (Lipinski definition) is 5. The fourth-order valence-electron chi connectivity index (χ4n) is 3.06. The van der Waals surface area contributed by atoms with Crippen molar-refractivity contribution in [2.45, 2.75) is 19.4 Å². The zero-order valence-corrected chi connectivity index (χ0v) is 14.4. The third-order valence-corrected chi connectivity index (χ3v) is 4.33. The summed E-state index contributed by atoms with van der Waals surface area (Å²) in [4.78, 5) is 16.1. The van der Waals surface area contributed by atoms with Crippen LogP contribution in [0.2, 0.25) is 0 Å². The van der Waals surface area contributed by atoms with Crippen LogP contribution in [0.25, 0.3) is 5.57 Å². The molecule has 2 N–H and O–H groups in total. The number of halogens is 1. The molecule has 0 radical (unpaired) electrons. The van der Waals surface area contributed by atoms with Gasteiger partial charge >= 0.3 is 0 Å². The van der Waals surface area contributed by atoms with Gasteiger partial charge in [0.15, 0.2) is 6.19 Å². The van der Waals surface area contributed by atoms with Crippen LogP contribution in [0, 0.1) is 22.7 Å². The number of nitriles is 1. The molecular weight excluding hydrogens is 321 g/mol. The maximum atomic E-state index is 14.4. The summed E-state index contributed by atoms with van der Waals surface area (Å²) in [5.74, 6) is -0.788. The molecule has 1 amide bonds. The van der Waals surface area contributed by atoms with Crippen molar-refractivity contribution in [3.05, 3.63) is 41.3 Å². The van der Waals surface area contributed by atoms with Crippen molar-refractivity contribution in [3.8, 4) is 6.19 Å². The molecule has 1 aromatic rings. The number of hydrogen-bond donors (Lipinski definition) is 2. The first-order chi connectivity index (χ1) is 12.0. The first kappa shape index (κ1) is 18.5. The number of rotatable bonds is 6. The molecular formula is C18H22FN5O. The number of carbonyl (C=O) groups is 1. The minimum atomic E-state index is -0.544. The predicted octanol–water partition coefficient (Wildman–Crippen LogP) is 2.05. The van der Waals surface area contributed by atoms with Crippen LogP contribution >= 0.6 is 0 Å². The number of allylic oxidation sites excluding steroid dienone is 1. The molecule has 132 valence electrons. The van der Waals surface area contributed by atoms with Gasteiger partial charge in [-0.25, -0.2) is 4.39 Å². The second kappa shape index (κ2) is 8.29. The van der Waals surface area contributed by atoms with Gasteiger partial charge in [-0.2, -0.15) is 5.26 Å². The topological polar surface area (TPSA) is 83.2 Å². The van der Waals surface area contributed by atoms with E-state index in [2.05, 4.69) is 11.5 Å². The van der Waals surface area contributed by atoms with E-state index in [9.17, 15) is 9.18 Å². The van der Waals surface area contributed by atoms with Crippen LogP contribution in [-0.2, 0) is 0 Å². The SMILES string of the molecule is CCN(C(=O)c1ccc(/C(C=N)=C/NC)c(F)c1)[C@@H]1CCN(C#N)C1. The van der Waals surface area contributed by atoms with Gasteiger partial charge in [0.25, 0.3) is 5.91 Å². The largest absolute Gasteiger partial charge is 0.393 e. The molecule has 1 heterocycles.